The number of hydrogen-bond acceptors (Lipinski definition) is 4. The minimum atomic E-state index is -0.616. The van der Waals surface area contributed by atoms with Gasteiger partial charge in [0.25, 0.3) is 17.8 Å². The molecule has 0 aromatic carbocycles. The van der Waals surface area contributed by atoms with Crippen molar-refractivity contribution in [2.45, 2.75) is 52.5 Å². The molecule has 0 saturated carbocycles. The van der Waals surface area contributed by atoms with Gasteiger partial charge in [-0.3, -0.25) is 14.6 Å². The number of amidine groups is 1. The number of aliphatic imine (C=N–C) groups is 1. The molecule has 24 heavy (non-hydrogen) atoms. The Labute approximate surface area is 141 Å². The molecular weight excluding hydrogens is 308 g/mol. The third kappa shape index (κ3) is 2.52. The molecule has 0 bridgehead atoms. The lowest BCUT2D eigenvalue weighted by Crippen LogP contribution is -2.62. The Balaban J connectivity index is 1.97. The SMILES string of the molecule is CC(C)CCN1C(=O)C2C(=Nc3oc(C(C)(C)C)c[n+]32)N(C)C1=O. The Kier molecular flexibility index (Phi) is 3.77. The van der Waals surface area contributed by atoms with Crippen LogP contribution in [0.3, 0.4) is 0 Å². The van der Waals surface area contributed by atoms with Crippen molar-refractivity contribution in [1.29, 1.82) is 0 Å². The molecule has 2 aliphatic heterocycles. The van der Waals surface area contributed by atoms with E-state index >= 15 is 0 Å². The minimum Gasteiger partial charge on any atom is -0.389 e. The van der Waals surface area contributed by atoms with E-state index in [9.17, 15) is 9.59 Å². The average Bonchev–Trinajstić information content (AvgIpc) is 3.01. The number of carbonyl (C=O) groups excluding carboxylic acids is 2. The zero-order valence-corrected chi connectivity index (χ0v) is 15.2. The maximum Gasteiger partial charge on any atom is 0.506 e. The van der Waals surface area contributed by atoms with Crippen molar-refractivity contribution in [3.63, 3.8) is 0 Å². The smallest absolute Gasteiger partial charge is 0.389 e. The van der Waals surface area contributed by atoms with Gasteiger partial charge in [-0.1, -0.05) is 34.6 Å². The number of likely N-dealkylation sites (N-methyl/N-ethyl adjacent to an activating group) is 1. The minimum absolute atomic E-state index is 0.177. The molecule has 1 unspecified atom stereocenters. The van der Waals surface area contributed by atoms with Crippen LogP contribution < -0.4 is 4.57 Å². The number of aromatic nitrogens is 1. The summed E-state index contributed by atoms with van der Waals surface area (Å²) in [5.74, 6) is 1.38. The fraction of sp³-hybridized carbons (Fsp3) is 0.647. The van der Waals surface area contributed by atoms with Crippen molar-refractivity contribution in [3.8, 4) is 0 Å². The van der Waals surface area contributed by atoms with Crippen LogP contribution in [0.5, 0.6) is 0 Å². The average molecular weight is 333 g/mol. The van der Waals surface area contributed by atoms with E-state index in [1.165, 1.54) is 9.80 Å². The highest BCUT2D eigenvalue weighted by atomic mass is 16.4. The predicted octanol–water partition coefficient (Wildman–Crippen LogP) is 2.39. The summed E-state index contributed by atoms with van der Waals surface area (Å²) in [6, 6.07) is -0.564. The molecule has 0 spiro atoms. The van der Waals surface area contributed by atoms with Crippen molar-refractivity contribution in [1.82, 2.24) is 9.80 Å². The van der Waals surface area contributed by atoms with E-state index in [2.05, 4.69) is 18.8 Å². The normalized spacial score (nSPS) is 20.6. The first kappa shape index (κ1) is 16.7. The maximum atomic E-state index is 12.9. The highest BCUT2D eigenvalue weighted by Crippen LogP contribution is 2.32. The van der Waals surface area contributed by atoms with E-state index < -0.39 is 6.04 Å². The molecule has 1 atom stereocenters. The van der Waals surface area contributed by atoms with Crippen molar-refractivity contribution >= 4 is 23.8 Å². The number of fused-ring (bicyclic) bond motifs is 3. The van der Waals surface area contributed by atoms with Crippen LogP contribution >= 0.6 is 0 Å². The van der Waals surface area contributed by atoms with Crippen LogP contribution in [0.4, 0.5) is 10.8 Å². The number of imide groups is 1. The fourth-order valence-electron chi connectivity index (χ4n) is 2.86. The first-order valence-electron chi connectivity index (χ1n) is 8.34. The monoisotopic (exact) mass is 333 g/mol. The molecule has 7 heteroatoms. The van der Waals surface area contributed by atoms with E-state index in [1.54, 1.807) is 11.6 Å². The van der Waals surface area contributed by atoms with Crippen LogP contribution in [-0.4, -0.2) is 41.2 Å². The number of oxazole rings is 1. The quantitative estimate of drug-likeness (QED) is 0.798. The number of rotatable bonds is 3. The van der Waals surface area contributed by atoms with Crippen molar-refractivity contribution < 1.29 is 18.6 Å². The van der Waals surface area contributed by atoms with E-state index in [0.717, 1.165) is 12.2 Å². The third-order valence-electron chi connectivity index (χ3n) is 4.44. The molecule has 3 amide bonds. The number of amides is 3. The summed E-state index contributed by atoms with van der Waals surface area (Å²) in [6.07, 6.45) is 2.61. The van der Waals surface area contributed by atoms with Gasteiger partial charge in [0.15, 0.2) is 5.76 Å². The van der Waals surface area contributed by atoms with E-state index in [1.807, 2.05) is 27.0 Å². The van der Waals surface area contributed by atoms with Gasteiger partial charge in [0.1, 0.15) is 6.20 Å². The maximum absolute atomic E-state index is 12.9. The van der Waals surface area contributed by atoms with Crippen LogP contribution in [-0.2, 0) is 10.2 Å². The topological polar surface area (TPSA) is 70.0 Å². The van der Waals surface area contributed by atoms with Crippen LogP contribution in [0, 0.1) is 5.92 Å². The number of nitrogens with zero attached hydrogens (tertiary/aromatic N) is 4. The van der Waals surface area contributed by atoms with Gasteiger partial charge in [-0.2, -0.15) is 4.57 Å². The molecule has 0 N–H and O–H groups in total. The zero-order valence-electron chi connectivity index (χ0n) is 15.2. The summed E-state index contributed by atoms with van der Waals surface area (Å²) in [5, 5.41) is 0. The van der Waals surface area contributed by atoms with E-state index in [0.29, 0.717) is 24.3 Å². The number of hydrogen-bond donors (Lipinski definition) is 0. The molecule has 0 aliphatic carbocycles. The molecular formula is C17H25N4O3+. The van der Waals surface area contributed by atoms with Crippen LogP contribution in [0.2, 0.25) is 0 Å². The molecule has 0 radical (unpaired) electrons. The zero-order chi connectivity index (χ0) is 17.8. The van der Waals surface area contributed by atoms with E-state index in [-0.39, 0.29) is 17.4 Å². The second-order valence-corrected chi connectivity index (χ2v) is 7.92. The summed E-state index contributed by atoms with van der Waals surface area (Å²) in [7, 11) is 1.65. The predicted molar refractivity (Wildman–Crippen MR) is 88.1 cm³/mol. The van der Waals surface area contributed by atoms with Crippen LogP contribution in [0.25, 0.3) is 0 Å². The van der Waals surface area contributed by atoms with Gasteiger partial charge in [-0.05, 0) is 12.3 Å². The van der Waals surface area contributed by atoms with Crippen molar-refractivity contribution in [2.24, 2.45) is 10.9 Å². The lowest BCUT2D eigenvalue weighted by atomic mass is 9.94. The Hall–Kier alpha value is -2.18. The number of carbonyl (C=O) groups is 2. The second kappa shape index (κ2) is 5.43. The summed E-state index contributed by atoms with van der Waals surface area (Å²) in [6.45, 7) is 10.7. The third-order valence-corrected chi connectivity index (χ3v) is 4.44. The highest BCUT2D eigenvalue weighted by Gasteiger charge is 2.55. The first-order valence-corrected chi connectivity index (χ1v) is 8.34. The molecule has 1 fully saturated rings. The molecule has 1 aromatic rings. The summed E-state index contributed by atoms with van der Waals surface area (Å²) in [5.41, 5.74) is -0.177. The van der Waals surface area contributed by atoms with Crippen LogP contribution in [0.1, 0.15) is 52.8 Å². The van der Waals surface area contributed by atoms with Gasteiger partial charge in [0.05, 0.1) is 0 Å². The lowest BCUT2D eigenvalue weighted by Gasteiger charge is -2.32. The summed E-state index contributed by atoms with van der Waals surface area (Å²) >= 11 is 0. The van der Waals surface area contributed by atoms with Gasteiger partial charge in [0.2, 0.25) is 0 Å². The highest BCUT2D eigenvalue weighted by molar-refractivity contribution is 6.18. The van der Waals surface area contributed by atoms with Crippen molar-refractivity contribution in [3.05, 3.63) is 12.0 Å². The largest absolute Gasteiger partial charge is 0.506 e. The first-order chi connectivity index (χ1) is 11.1. The molecule has 1 aromatic heterocycles. The lowest BCUT2D eigenvalue weighted by molar-refractivity contribution is -0.679. The summed E-state index contributed by atoms with van der Waals surface area (Å²) in [4.78, 5) is 32.6. The number of urea groups is 1. The van der Waals surface area contributed by atoms with Gasteiger partial charge in [-0.15, -0.1) is 0 Å². The Morgan fingerprint density at radius 1 is 1.33 bits per heavy atom. The van der Waals surface area contributed by atoms with Gasteiger partial charge in [-0.25, -0.2) is 4.79 Å². The molecule has 2 aliphatic rings. The summed E-state index contributed by atoms with van der Waals surface area (Å²) < 4.78 is 7.55. The van der Waals surface area contributed by atoms with Gasteiger partial charge in [0, 0.05) is 24.0 Å². The van der Waals surface area contributed by atoms with Crippen LogP contribution in [0.15, 0.2) is 15.6 Å². The van der Waals surface area contributed by atoms with Crippen molar-refractivity contribution in [2.75, 3.05) is 13.6 Å². The van der Waals surface area contributed by atoms with E-state index in [4.69, 9.17) is 4.42 Å². The molecule has 3 rings (SSSR count). The molecule has 7 nitrogen and oxygen atoms in total. The molecule has 3 heterocycles. The molecule has 1 saturated heterocycles. The Morgan fingerprint density at radius 3 is 2.58 bits per heavy atom. The standard InChI is InChI=1S/C17H25N4O3/c1-10(2)7-8-20-14(22)12-13(19(6)16(20)23)18-15-21(12)9-11(24-15)17(3,4)5/h9-10,12H,7-8H2,1-6H3/q+1. The Morgan fingerprint density at radius 2 is 2.00 bits per heavy atom. The molecule has 130 valence electrons. The fourth-order valence-corrected chi connectivity index (χ4v) is 2.86. The van der Waals surface area contributed by atoms with Gasteiger partial charge >= 0.3 is 12.0 Å². The second-order valence-electron chi connectivity index (χ2n) is 7.92. The van der Waals surface area contributed by atoms with Gasteiger partial charge < -0.3 is 4.42 Å². The Bertz CT molecular complexity index is 727.